The molecule has 0 radical (unpaired) electrons. The molecule has 5 rings (SSSR count). The number of hydrogen-bond acceptors (Lipinski definition) is 8. The summed E-state index contributed by atoms with van der Waals surface area (Å²) in [5.41, 5.74) is 2.18. The fraction of sp³-hybridized carbons (Fsp3) is 0.476. The van der Waals surface area contributed by atoms with Crippen LogP contribution in [-0.2, 0) is 16.1 Å². The van der Waals surface area contributed by atoms with Crippen molar-refractivity contribution in [3.63, 3.8) is 0 Å². The number of nitrogens with zero attached hydrogens (tertiary/aromatic N) is 5. The lowest BCUT2D eigenvalue weighted by atomic mass is 10.1. The van der Waals surface area contributed by atoms with Crippen LogP contribution in [0.15, 0.2) is 18.2 Å². The highest BCUT2D eigenvalue weighted by molar-refractivity contribution is 5.87. The maximum atomic E-state index is 13.9. The topological polar surface area (TPSA) is 99.6 Å². The number of hydrogen-bond donors (Lipinski definition) is 2. The Kier molecular flexibility index (Phi) is 5.43. The van der Waals surface area contributed by atoms with Gasteiger partial charge in [-0.05, 0) is 25.1 Å². The Morgan fingerprint density at radius 3 is 2.71 bits per heavy atom. The first-order valence-corrected chi connectivity index (χ1v) is 10.5. The van der Waals surface area contributed by atoms with Gasteiger partial charge >= 0.3 is 0 Å². The minimum absolute atomic E-state index is 0.156. The maximum Gasteiger partial charge on any atom is 0.229 e. The molecule has 1 unspecified atom stereocenters. The van der Waals surface area contributed by atoms with Gasteiger partial charge in [-0.2, -0.15) is 9.97 Å². The van der Waals surface area contributed by atoms with E-state index in [2.05, 4.69) is 21.7 Å². The standard InChI is InChI=1S/C21H25FN6O3/c1-13-12-31-9-6-28(13)20-17-19(25-21(26-20)27-4-7-30-8-5-27)24-18(23-17)14-2-3-16(22)15(10-14)11-29/h2-3,10,13,29H,4-9,11-12H2,1H3,(H,23,24,25,26). The zero-order valence-corrected chi connectivity index (χ0v) is 17.3. The Labute approximate surface area is 178 Å². The van der Waals surface area contributed by atoms with Crippen LogP contribution in [0, 0.1) is 5.82 Å². The molecule has 2 saturated heterocycles. The van der Waals surface area contributed by atoms with Gasteiger partial charge in [0, 0.05) is 30.8 Å². The van der Waals surface area contributed by atoms with E-state index in [1.165, 1.54) is 6.07 Å². The van der Waals surface area contributed by atoms with E-state index in [4.69, 9.17) is 24.4 Å². The third kappa shape index (κ3) is 3.82. The molecule has 0 saturated carbocycles. The van der Waals surface area contributed by atoms with E-state index in [-0.39, 0.29) is 18.2 Å². The Hall–Kier alpha value is -2.82. The van der Waals surface area contributed by atoms with E-state index in [1.807, 2.05) is 0 Å². The SMILES string of the molecule is CC1COCCN1c1nc(N2CCOCC2)nc2nc(-c3ccc(F)c(CO)c3)[nH]c12. The molecule has 1 aromatic carbocycles. The maximum absolute atomic E-state index is 13.9. The quantitative estimate of drug-likeness (QED) is 0.648. The van der Waals surface area contributed by atoms with Crippen LogP contribution in [0.1, 0.15) is 12.5 Å². The number of aliphatic hydroxyl groups is 1. The molecular formula is C21H25FN6O3. The molecule has 2 aliphatic rings. The molecular weight excluding hydrogens is 403 g/mol. The van der Waals surface area contributed by atoms with Crippen LogP contribution in [0.25, 0.3) is 22.6 Å². The molecule has 164 valence electrons. The zero-order valence-electron chi connectivity index (χ0n) is 17.3. The lowest BCUT2D eigenvalue weighted by Gasteiger charge is -2.35. The van der Waals surface area contributed by atoms with Gasteiger partial charge in [0.1, 0.15) is 17.2 Å². The van der Waals surface area contributed by atoms with E-state index in [9.17, 15) is 9.50 Å². The Bertz CT molecular complexity index is 1080. The van der Waals surface area contributed by atoms with Gasteiger partial charge < -0.3 is 29.4 Å². The number of ether oxygens (including phenoxy) is 2. The lowest BCUT2D eigenvalue weighted by molar-refractivity contribution is 0.0986. The van der Waals surface area contributed by atoms with Crippen LogP contribution >= 0.6 is 0 Å². The molecule has 31 heavy (non-hydrogen) atoms. The van der Waals surface area contributed by atoms with Crippen LogP contribution in [0.2, 0.25) is 0 Å². The Morgan fingerprint density at radius 1 is 1.13 bits per heavy atom. The lowest BCUT2D eigenvalue weighted by Crippen LogP contribution is -2.44. The number of benzene rings is 1. The van der Waals surface area contributed by atoms with E-state index < -0.39 is 5.82 Å². The molecule has 2 fully saturated rings. The second-order valence-corrected chi connectivity index (χ2v) is 7.81. The number of rotatable bonds is 4. The van der Waals surface area contributed by atoms with Crippen LogP contribution in [0.3, 0.4) is 0 Å². The minimum Gasteiger partial charge on any atom is -0.392 e. The van der Waals surface area contributed by atoms with E-state index in [1.54, 1.807) is 12.1 Å². The number of anilines is 2. The molecule has 0 amide bonds. The first-order valence-electron chi connectivity index (χ1n) is 10.5. The summed E-state index contributed by atoms with van der Waals surface area (Å²) in [6.45, 7) is 6.40. The average molecular weight is 428 g/mol. The number of fused-ring (bicyclic) bond motifs is 1. The predicted octanol–water partition coefficient (Wildman–Crippen LogP) is 1.71. The van der Waals surface area contributed by atoms with Crippen LogP contribution in [0.4, 0.5) is 16.2 Å². The van der Waals surface area contributed by atoms with Crippen molar-refractivity contribution in [1.82, 2.24) is 19.9 Å². The molecule has 10 heteroatoms. The average Bonchev–Trinajstić information content (AvgIpc) is 3.24. The van der Waals surface area contributed by atoms with Crippen molar-refractivity contribution in [2.75, 3.05) is 55.9 Å². The molecule has 2 aromatic heterocycles. The number of nitrogens with one attached hydrogen (secondary N) is 1. The summed E-state index contributed by atoms with van der Waals surface area (Å²) < 4.78 is 24.9. The molecule has 0 aliphatic carbocycles. The predicted molar refractivity (Wildman–Crippen MR) is 114 cm³/mol. The van der Waals surface area contributed by atoms with Gasteiger partial charge in [-0.1, -0.05) is 0 Å². The first kappa shape index (κ1) is 20.1. The summed E-state index contributed by atoms with van der Waals surface area (Å²) in [7, 11) is 0. The first-order chi connectivity index (χ1) is 15.1. The second kappa shape index (κ2) is 8.37. The van der Waals surface area contributed by atoms with Gasteiger partial charge in [-0.25, -0.2) is 9.37 Å². The zero-order chi connectivity index (χ0) is 21.4. The van der Waals surface area contributed by atoms with Gasteiger partial charge in [0.05, 0.1) is 39.1 Å². The number of imidazole rings is 1. The molecule has 1 atom stereocenters. The smallest absolute Gasteiger partial charge is 0.229 e. The summed E-state index contributed by atoms with van der Waals surface area (Å²) in [5, 5.41) is 9.43. The number of aliphatic hydroxyl groups excluding tert-OH is 1. The van der Waals surface area contributed by atoms with Crippen molar-refractivity contribution in [3.05, 3.63) is 29.6 Å². The highest BCUT2D eigenvalue weighted by Crippen LogP contribution is 2.31. The van der Waals surface area contributed by atoms with Crippen molar-refractivity contribution < 1.29 is 19.0 Å². The fourth-order valence-corrected chi connectivity index (χ4v) is 4.01. The summed E-state index contributed by atoms with van der Waals surface area (Å²) >= 11 is 0. The largest absolute Gasteiger partial charge is 0.392 e. The molecule has 0 spiro atoms. The van der Waals surface area contributed by atoms with Crippen molar-refractivity contribution in [3.8, 4) is 11.4 Å². The normalized spacial score (nSPS) is 19.9. The highest BCUT2D eigenvalue weighted by atomic mass is 19.1. The summed E-state index contributed by atoms with van der Waals surface area (Å²) in [5.74, 6) is 1.52. The van der Waals surface area contributed by atoms with E-state index in [0.29, 0.717) is 49.4 Å². The van der Waals surface area contributed by atoms with Crippen molar-refractivity contribution in [1.29, 1.82) is 0 Å². The Balaban J connectivity index is 1.63. The molecule has 2 aliphatic heterocycles. The van der Waals surface area contributed by atoms with Crippen molar-refractivity contribution in [2.24, 2.45) is 0 Å². The molecule has 4 heterocycles. The third-order valence-corrected chi connectivity index (χ3v) is 5.74. The van der Waals surface area contributed by atoms with Crippen molar-refractivity contribution >= 4 is 22.9 Å². The minimum atomic E-state index is -0.445. The fourth-order valence-electron chi connectivity index (χ4n) is 4.01. The molecule has 0 bridgehead atoms. The summed E-state index contributed by atoms with van der Waals surface area (Å²) in [6, 6.07) is 4.73. The number of aromatic amines is 1. The summed E-state index contributed by atoms with van der Waals surface area (Å²) in [4.78, 5) is 22.0. The van der Waals surface area contributed by atoms with Crippen LogP contribution in [0.5, 0.6) is 0 Å². The second-order valence-electron chi connectivity index (χ2n) is 7.81. The van der Waals surface area contributed by atoms with Crippen molar-refractivity contribution in [2.45, 2.75) is 19.6 Å². The van der Waals surface area contributed by atoms with Gasteiger partial charge in [-0.3, -0.25) is 0 Å². The van der Waals surface area contributed by atoms with Gasteiger partial charge in [0.25, 0.3) is 0 Å². The molecule has 3 aromatic rings. The van der Waals surface area contributed by atoms with E-state index in [0.717, 1.165) is 31.0 Å². The third-order valence-electron chi connectivity index (χ3n) is 5.74. The van der Waals surface area contributed by atoms with Crippen LogP contribution < -0.4 is 9.80 Å². The number of morpholine rings is 2. The van der Waals surface area contributed by atoms with Gasteiger partial charge in [0.2, 0.25) is 5.95 Å². The van der Waals surface area contributed by atoms with Gasteiger partial charge in [-0.15, -0.1) is 0 Å². The van der Waals surface area contributed by atoms with Gasteiger partial charge in [0.15, 0.2) is 11.5 Å². The molecule has 9 nitrogen and oxygen atoms in total. The summed E-state index contributed by atoms with van der Waals surface area (Å²) in [6.07, 6.45) is 0. The number of halogens is 1. The highest BCUT2D eigenvalue weighted by Gasteiger charge is 2.26. The number of aromatic nitrogens is 4. The van der Waals surface area contributed by atoms with Crippen LogP contribution in [-0.4, -0.2) is 77.1 Å². The Morgan fingerprint density at radius 2 is 1.94 bits per heavy atom. The molecule has 2 N–H and O–H groups in total. The number of H-pyrrole nitrogens is 1. The van der Waals surface area contributed by atoms with E-state index >= 15 is 0 Å². The monoisotopic (exact) mass is 428 g/mol.